The number of piperazine rings is 1. The zero-order valence-corrected chi connectivity index (χ0v) is 25.5. The summed E-state index contributed by atoms with van der Waals surface area (Å²) in [5.41, 5.74) is 6.33. The number of nitrogens with one attached hydrogen (secondary N) is 1. The van der Waals surface area contributed by atoms with Gasteiger partial charge in [-0.05, 0) is 61.4 Å². The summed E-state index contributed by atoms with van der Waals surface area (Å²) in [5, 5.41) is 4.97. The van der Waals surface area contributed by atoms with Crippen LogP contribution in [0, 0.1) is 5.82 Å². The Kier molecular flexibility index (Phi) is 10.2. The molecule has 0 aliphatic carbocycles. The van der Waals surface area contributed by atoms with E-state index >= 15 is 0 Å². The van der Waals surface area contributed by atoms with E-state index in [0.29, 0.717) is 25.2 Å². The number of methoxy groups -OCH3 is 1. The number of hydrogen-bond acceptors (Lipinski definition) is 6. The number of nitrogens with two attached hydrogens (primary N) is 1. The fraction of sp³-hybridized carbons (Fsp3) is 0.424. The molecule has 1 heterocycles. The van der Waals surface area contributed by atoms with Crippen LogP contribution in [0.4, 0.5) is 10.1 Å². The molecule has 3 N–H and O–H groups in total. The average molecular weight is 592 g/mol. The number of ether oxygens (including phenoxy) is 1. The first-order valence-corrected chi connectivity index (χ1v) is 14.5. The first-order valence-electron chi connectivity index (χ1n) is 14.5. The largest absolute Gasteiger partial charge is 0.382 e. The second kappa shape index (κ2) is 13.6. The molecule has 0 aromatic heterocycles. The molecule has 3 aromatic rings. The van der Waals surface area contributed by atoms with E-state index in [1.165, 1.54) is 12.1 Å². The molecule has 0 bridgehead atoms. The van der Waals surface area contributed by atoms with Gasteiger partial charge in [-0.1, -0.05) is 42.5 Å². The van der Waals surface area contributed by atoms with Crippen molar-refractivity contribution in [1.29, 1.82) is 0 Å². The quantitative estimate of drug-likeness (QED) is 0.376. The predicted octanol–water partition coefficient (Wildman–Crippen LogP) is 2.95. The minimum atomic E-state index is -1.20. The van der Waals surface area contributed by atoms with Crippen LogP contribution in [0.5, 0.6) is 0 Å². The number of amides is 3. The van der Waals surface area contributed by atoms with E-state index < -0.39 is 23.5 Å². The normalized spacial score (nSPS) is 17.4. The van der Waals surface area contributed by atoms with Crippen LogP contribution in [0.2, 0.25) is 0 Å². The fourth-order valence-corrected chi connectivity index (χ4v) is 5.41. The molecule has 4 rings (SSSR count). The Morgan fingerprint density at radius 2 is 1.74 bits per heavy atom. The summed E-state index contributed by atoms with van der Waals surface area (Å²) in [6.07, 6.45) is 0.173. The fourth-order valence-electron chi connectivity index (χ4n) is 5.41. The highest BCUT2D eigenvalue weighted by Crippen LogP contribution is 2.23. The van der Waals surface area contributed by atoms with Gasteiger partial charge < -0.3 is 25.6 Å². The molecular formula is C33H42FN5O4. The molecule has 9 nitrogen and oxygen atoms in total. The smallest absolute Gasteiger partial charge is 0.245 e. The van der Waals surface area contributed by atoms with Crippen LogP contribution in [0.1, 0.15) is 26.3 Å². The van der Waals surface area contributed by atoms with Gasteiger partial charge >= 0.3 is 0 Å². The van der Waals surface area contributed by atoms with E-state index in [9.17, 15) is 18.8 Å². The average Bonchev–Trinajstić information content (AvgIpc) is 2.99. The Hall–Kier alpha value is -3.86. The Morgan fingerprint density at radius 1 is 1.07 bits per heavy atom. The van der Waals surface area contributed by atoms with Crippen LogP contribution in [-0.4, -0.2) is 91.6 Å². The zero-order valence-electron chi connectivity index (χ0n) is 25.5. The maximum atomic E-state index is 14.0. The van der Waals surface area contributed by atoms with E-state index in [2.05, 4.69) is 10.2 Å². The van der Waals surface area contributed by atoms with Crippen LogP contribution < -0.4 is 16.0 Å². The monoisotopic (exact) mass is 591 g/mol. The van der Waals surface area contributed by atoms with Crippen LogP contribution in [0.25, 0.3) is 10.8 Å². The Bertz CT molecular complexity index is 1440. The van der Waals surface area contributed by atoms with Crippen LogP contribution in [0.3, 0.4) is 0 Å². The number of halogens is 1. The first-order chi connectivity index (χ1) is 20.4. The maximum Gasteiger partial charge on any atom is 0.245 e. The molecule has 3 atom stereocenters. The van der Waals surface area contributed by atoms with E-state index in [-0.39, 0.29) is 36.7 Å². The molecule has 230 valence electrons. The molecule has 1 aliphatic heterocycles. The van der Waals surface area contributed by atoms with Crippen molar-refractivity contribution in [3.63, 3.8) is 0 Å². The second-order valence-electron chi connectivity index (χ2n) is 11.8. The van der Waals surface area contributed by atoms with Gasteiger partial charge in [0.2, 0.25) is 17.7 Å². The Balaban J connectivity index is 1.49. The summed E-state index contributed by atoms with van der Waals surface area (Å²) < 4.78 is 19.0. The third-order valence-electron chi connectivity index (χ3n) is 8.05. The topological polar surface area (TPSA) is 108 Å². The summed E-state index contributed by atoms with van der Waals surface area (Å²) >= 11 is 0. The number of rotatable bonds is 10. The van der Waals surface area contributed by atoms with Crippen molar-refractivity contribution < 1.29 is 23.5 Å². The number of benzene rings is 3. The van der Waals surface area contributed by atoms with E-state index in [0.717, 1.165) is 16.5 Å². The van der Waals surface area contributed by atoms with E-state index in [1.807, 2.05) is 49.4 Å². The van der Waals surface area contributed by atoms with E-state index in [4.69, 9.17) is 10.5 Å². The molecule has 3 amide bonds. The maximum absolute atomic E-state index is 14.0. The molecule has 3 aromatic carbocycles. The standard InChI is InChI=1S/C33H42FN5O4/c1-22(30(40)37(4)27-15-12-24-8-6-7-9-25(24)19-27)38-16-17-39(28(20-38)21-43-5)31(41)29(36-32(42)33(2,3)35)18-23-10-13-26(34)14-11-23/h6-15,19,22,28-29H,16-18,20-21,35H2,1-5H3,(H,36,42). The minimum Gasteiger partial charge on any atom is -0.382 e. The molecule has 3 unspecified atom stereocenters. The lowest BCUT2D eigenvalue weighted by atomic mass is 10.00. The van der Waals surface area contributed by atoms with Crippen LogP contribution in [-0.2, 0) is 25.5 Å². The highest BCUT2D eigenvalue weighted by atomic mass is 19.1. The Labute approximate surface area is 252 Å². The molecule has 1 fully saturated rings. The van der Waals surface area contributed by atoms with Gasteiger partial charge in [0.15, 0.2) is 0 Å². The number of nitrogens with zero attached hydrogens (tertiary/aromatic N) is 3. The molecule has 0 radical (unpaired) electrons. The van der Waals surface area contributed by atoms with Gasteiger partial charge in [0, 0.05) is 45.9 Å². The molecule has 1 saturated heterocycles. The van der Waals surface area contributed by atoms with Gasteiger partial charge in [-0.15, -0.1) is 0 Å². The number of fused-ring (bicyclic) bond motifs is 1. The molecule has 10 heteroatoms. The van der Waals surface area contributed by atoms with Crippen LogP contribution >= 0.6 is 0 Å². The molecule has 1 aliphatic rings. The van der Waals surface area contributed by atoms with Crippen molar-refractivity contribution in [2.24, 2.45) is 5.73 Å². The van der Waals surface area contributed by atoms with Crippen molar-refractivity contribution in [3.05, 3.63) is 78.1 Å². The summed E-state index contributed by atoms with van der Waals surface area (Å²) in [6, 6.07) is 18.1. The van der Waals surface area contributed by atoms with Gasteiger partial charge in [0.1, 0.15) is 11.9 Å². The third-order valence-corrected chi connectivity index (χ3v) is 8.05. The number of hydrogen-bond donors (Lipinski definition) is 2. The van der Waals surface area contributed by atoms with Crippen molar-refractivity contribution in [2.45, 2.75) is 50.9 Å². The van der Waals surface area contributed by atoms with Crippen molar-refractivity contribution in [3.8, 4) is 0 Å². The first kappa shape index (κ1) is 32.1. The number of carbonyl (C=O) groups excluding carboxylic acids is 3. The summed E-state index contributed by atoms with van der Waals surface area (Å²) in [5.74, 6) is -1.19. The lowest BCUT2D eigenvalue weighted by Gasteiger charge is -2.44. The SMILES string of the molecule is COCC1CN(C(C)C(=O)N(C)c2ccc3ccccc3c2)CCN1C(=O)C(Cc1ccc(F)cc1)NC(=O)C(C)(C)N. The van der Waals surface area contributed by atoms with Gasteiger partial charge in [-0.25, -0.2) is 4.39 Å². The third kappa shape index (κ3) is 7.76. The highest BCUT2D eigenvalue weighted by Gasteiger charge is 2.38. The van der Waals surface area contributed by atoms with Crippen LogP contribution in [0.15, 0.2) is 66.7 Å². The number of likely N-dealkylation sites (N-methyl/N-ethyl adjacent to an activating group) is 1. The van der Waals surface area contributed by atoms with Gasteiger partial charge in [0.05, 0.1) is 24.2 Å². The summed E-state index contributed by atoms with van der Waals surface area (Å²) in [6.45, 7) is 6.49. The lowest BCUT2D eigenvalue weighted by molar-refractivity contribution is -0.144. The van der Waals surface area contributed by atoms with Crippen molar-refractivity contribution in [1.82, 2.24) is 15.1 Å². The zero-order chi connectivity index (χ0) is 31.3. The minimum absolute atomic E-state index is 0.0575. The second-order valence-corrected chi connectivity index (χ2v) is 11.8. The highest BCUT2D eigenvalue weighted by molar-refractivity contribution is 5.98. The number of anilines is 1. The molecule has 0 saturated carbocycles. The van der Waals surface area contributed by atoms with Gasteiger partial charge in [0.25, 0.3) is 0 Å². The summed E-state index contributed by atoms with van der Waals surface area (Å²) in [4.78, 5) is 45.9. The van der Waals surface area contributed by atoms with Gasteiger partial charge in [-0.3, -0.25) is 19.3 Å². The molecule has 43 heavy (non-hydrogen) atoms. The van der Waals surface area contributed by atoms with E-state index in [1.54, 1.807) is 49.9 Å². The molecular weight excluding hydrogens is 549 g/mol. The van der Waals surface area contributed by atoms with Crippen molar-refractivity contribution in [2.75, 3.05) is 45.3 Å². The van der Waals surface area contributed by atoms with Gasteiger partial charge in [-0.2, -0.15) is 0 Å². The Morgan fingerprint density at radius 3 is 2.40 bits per heavy atom. The predicted molar refractivity (Wildman–Crippen MR) is 166 cm³/mol. The summed E-state index contributed by atoms with van der Waals surface area (Å²) in [7, 11) is 3.34. The van der Waals surface area contributed by atoms with Crippen molar-refractivity contribution >= 4 is 34.2 Å². The number of carbonyl (C=O) groups is 3. The lowest BCUT2D eigenvalue weighted by Crippen LogP contribution is -2.64. The molecule has 0 spiro atoms.